The fourth-order valence-corrected chi connectivity index (χ4v) is 9.61. The van der Waals surface area contributed by atoms with E-state index in [1.54, 1.807) is 23.4 Å². The molecule has 1 saturated heterocycles. The number of quaternary nitrogens is 1. The van der Waals surface area contributed by atoms with Crippen LogP contribution in [0.1, 0.15) is 50.8 Å². The number of nitrogens with zero attached hydrogens (tertiary/aromatic N) is 8. The molecule has 23 heteroatoms. The van der Waals surface area contributed by atoms with Gasteiger partial charge in [0.1, 0.15) is 31.6 Å². The summed E-state index contributed by atoms with van der Waals surface area (Å²) in [4.78, 5) is 95.0. The van der Waals surface area contributed by atoms with Crippen LogP contribution in [0.3, 0.4) is 0 Å². The van der Waals surface area contributed by atoms with Crippen molar-refractivity contribution in [2.75, 3.05) is 89.7 Å². The summed E-state index contributed by atoms with van der Waals surface area (Å²) in [6.45, 7) is 10.6. The standard InChI is InChI=1S/C60H71N13O10/c1-41(2)56(69-53(75)22-28-80-32-34-83-35-33-81-29-25-71-54(76)19-20-55(71)77)52(74)37-45(7-5-23-62-59(61)79)58(78)66-47-13-10-43(11-14-47)39-73(26-30-82-31-27-73)50-8-4-6-44(36-50)51-21-24-63-60(68-51)67-48-15-17-49(18-16-48)72-40-65-57(70-72)46-12-9-42(3)64-38-46/h4,6,8-21,24,36,38,40-41,45,56H,5,7,22-23,25-35,37,39H2,1-3H3,(H5-,61,62,63,66,67,68,69,75,78,79)/p+1/t45-,56+/m1/s1. The predicted octanol–water partition coefficient (Wildman–Crippen LogP) is 5.84. The van der Waals surface area contributed by atoms with Crippen LogP contribution < -0.4 is 31.5 Å². The number of imide groups is 1. The summed E-state index contributed by atoms with van der Waals surface area (Å²) in [5.74, 6) is -1.76. The number of carbonyl (C=O) groups excluding carboxylic acids is 6. The van der Waals surface area contributed by atoms with Gasteiger partial charge in [0, 0.05) is 89.7 Å². The number of nitrogens with one attached hydrogen (secondary N) is 4. The van der Waals surface area contributed by atoms with Gasteiger partial charge < -0.3 is 45.9 Å². The summed E-state index contributed by atoms with van der Waals surface area (Å²) >= 11 is 0. The van der Waals surface area contributed by atoms with Crippen LogP contribution in [0.4, 0.5) is 27.8 Å². The molecular formula is C60H72N13O10+. The van der Waals surface area contributed by atoms with E-state index in [-0.39, 0.29) is 107 Å². The van der Waals surface area contributed by atoms with E-state index >= 15 is 0 Å². The highest BCUT2D eigenvalue weighted by atomic mass is 16.5. The van der Waals surface area contributed by atoms with Gasteiger partial charge in [-0.2, -0.15) is 0 Å². The van der Waals surface area contributed by atoms with Gasteiger partial charge in [-0.15, -0.1) is 5.10 Å². The number of nitrogens with two attached hydrogens (primary N) is 1. The van der Waals surface area contributed by atoms with Crippen molar-refractivity contribution in [3.63, 3.8) is 0 Å². The smallest absolute Gasteiger partial charge is 0.312 e. The van der Waals surface area contributed by atoms with Crippen molar-refractivity contribution in [3.05, 3.63) is 133 Å². The van der Waals surface area contributed by atoms with Crippen molar-refractivity contribution in [1.29, 1.82) is 0 Å². The first-order valence-corrected chi connectivity index (χ1v) is 27.8. The van der Waals surface area contributed by atoms with Crippen molar-refractivity contribution in [2.45, 2.75) is 59.0 Å². The number of benzene rings is 3. The first-order chi connectivity index (χ1) is 40.2. The molecule has 8 rings (SSSR count). The number of rotatable bonds is 31. The number of aryl methyl sites for hydroxylation is 1. The number of urea groups is 1. The first-order valence-electron chi connectivity index (χ1n) is 27.8. The Labute approximate surface area is 482 Å². The summed E-state index contributed by atoms with van der Waals surface area (Å²) in [5.41, 5.74) is 13.1. The normalized spacial score (nSPS) is 14.6. The highest BCUT2D eigenvalue weighted by Gasteiger charge is 2.34. The Balaban J connectivity index is 0.828. The summed E-state index contributed by atoms with van der Waals surface area (Å²) in [6.07, 6.45) is 8.15. The molecule has 2 aliphatic rings. The number of hydrogen-bond donors (Lipinski definition) is 5. The Morgan fingerprint density at radius 2 is 1.51 bits per heavy atom. The average Bonchev–Trinajstić information content (AvgIpc) is 4.21. The van der Waals surface area contributed by atoms with E-state index in [0.29, 0.717) is 48.1 Å². The third-order valence-electron chi connectivity index (χ3n) is 14.2. The second-order valence-corrected chi connectivity index (χ2v) is 20.6. The van der Waals surface area contributed by atoms with Gasteiger partial charge in [0.2, 0.25) is 17.8 Å². The molecule has 23 nitrogen and oxygen atoms in total. The number of ketones is 1. The molecule has 0 unspecified atom stereocenters. The van der Waals surface area contributed by atoms with E-state index in [0.717, 1.165) is 63.1 Å². The van der Waals surface area contributed by atoms with Gasteiger partial charge in [-0.05, 0) is 86.3 Å². The average molecular weight is 1140 g/mol. The number of Topliss-reactive ketones (excluding diaryl/α,β-unsaturated/α-hetero) is 1. The third kappa shape index (κ3) is 17.7. The molecular weight excluding hydrogens is 1060 g/mol. The molecule has 83 heavy (non-hydrogen) atoms. The van der Waals surface area contributed by atoms with Crippen molar-refractivity contribution >= 4 is 58.5 Å². The Kier molecular flexibility index (Phi) is 21.8. The highest BCUT2D eigenvalue weighted by molar-refractivity contribution is 6.12. The lowest BCUT2D eigenvalue weighted by atomic mass is 9.89. The summed E-state index contributed by atoms with van der Waals surface area (Å²) in [6, 6.07) is 28.1. The van der Waals surface area contributed by atoms with E-state index in [4.69, 9.17) is 29.7 Å². The second kappa shape index (κ2) is 29.9. The molecule has 0 saturated carbocycles. The Morgan fingerprint density at radius 1 is 0.795 bits per heavy atom. The molecule has 0 spiro atoms. The van der Waals surface area contributed by atoms with Crippen LogP contribution in [0, 0.1) is 18.8 Å². The van der Waals surface area contributed by atoms with E-state index in [9.17, 15) is 28.8 Å². The quantitative estimate of drug-likeness (QED) is 0.0194. The zero-order valence-corrected chi connectivity index (χ0v) is 47.0. The molecule has 0 bridgehead atoms. The number of primary amides is 1. The van der Waals surface area contributed by atoms with Gasteiger partial charge >= 0.3 is 6.03 Å². The molecule has 5 heterocycles. The Hall–Kier alpha value is -8.61. The zero-order valence-electron chi connectivity index (χ0n) is 47.0. The molecule has 2 atom stereocenters. The van der Waals surface area contributed by atoms with Crippen LogP contribution in [-0.2, 0) is 49.5 Å². The number of carbonyl (C=O) groups is 6. The molecule has 6 aromatic rings. The summed E-state index contributed by atoms with van der Waals surface area (Å²) in [7, 11) is 0. The SMILES string of the molecule is Cc1ccc(-c2ncn(-c3ccc(Nc4nccc(-c5cccc([N+]6(Cc7ccc(NC(=O)[C@H](CCCNC(N)=O)CC(=O)[C@@H](NC(=O)CCOCCOCCOCCN8C(=O)C=CC8=O)C(C)C)cc7)CCOCC6)c5)n4)cc3)n2)cn1. The van der Waals surface area contributed by atoms with Gasteiger partial charge in [-0.3, -0.25) is 38.3 Å². The maximum Gasteiger partial charge on any atom is 0.312 e. The summed E-state index contributed by atoms with van der Waals surface area (Å²) < 4.78 is 24.7. The largest absolute Gasteiger partial charge is 0.379 e. The van der Waals surface area contributed by atoms with Gasteiger partial charge in [0.05, 0.1) is 76.8 Å². The van der Waals surface area contributed by atoms with Gasteiger partial charge in [-0.25, -0.2) is 24.4 Å². The number of aromatic nitrogens is 6. The third-order valence-corrected chi connectivity index (χ3v) is 14.2. The molecule has 0 radical (unpaired) electrons. The Morgan fingerprint density at radius 3 is 2.20 bits per heavy atom. The van der Waals surface area contributed by atoms with E-state index in [2.05, 4.69) is 53.5 Å². The van der Waals surface area contributed by atoms with Crippen LogP contribution in [0.25, 0.3) is 28.3 Å². The molecule has 3 aromatic heterocycles. The maximum atomic E-state index is 14.0. The van der Waals surface area contributed by atoms with E-state index in [1.165, 1.54) is 12.2 Å². The number of pyridine rings is 1. The molecule has 2 aliphatic heterocycles. The topological polar surface area (TPSA) is 286 Å². The molecule has 0 aliphatic carbocycles. The fourth-order valence-electron chi connectivity index (χ4n) is 9.61. The van der Waals surface area contributed by atoms with Crippen LogP contribution in [-0.4, -0.2) is 155 Å². The van der Waals surface area contributed by atoms with E-state index < -0.39 is 18.0 Å². The predicted molar refractivity (Wildman–Crippen MR) is 311 cm³/mol. The van der Waals surface area contributed by atoms with Crippen molar-refractivity contribution in [1.82, 2.24) is 49.7 Å². The minimum Gasteiger partial charge on any atom is -0.379 e. The molecule has 436 valence electrons. The van der Waals surface area contributed by atoms with Gasteiger partial charge in [0.15, 0.2) is 11.6 Å². The number of morpholine rings is 1. The lowest BCUT2D eigenvalue weighted by molar-refractivity contribution is -0.137. The lowest BCUT2D eigenvalue weighted by Gasteiger charge is -2.41. The van der Waals surface area contributed by atoms with Crippen molar-refractivity contribution < 1.29 is 47.7 Å². The monoisotopic (exact) mass is 1130 g/mol. The summed E-state index contributed by atoms with van der Waals surface area (Å²) in [5, 5.41) is 16.4. The number of anilines is 3. The molecule has 6 N–H and O–H groups in total. The fraction of sp³-hybridized carbons (Fsp3) is 0.383. The number of amides is 6. The molecule has 3 aromatic carbocycles. The second-order valence-electron chi connectivity index (χ2n) is 20.6. The van der Waals surface area contributed by atoms with Gasteiger partial charge in [0.25, 0.3) is 11.8 Å². The van der Waals surface area contributed by atoms with Crippen molar-refractivity contribution in [2.24, 2.45) is 17.6 Å². The first kappa shape index (κ1) is 60.5. The van der Waals surface area contributed by atoms with Crippen LogP contribution in [0.15, 0.2) is 122 Å². The maximum absolute atomic E-state index is 14.0. The van der Waals surface area contributed by atoms with Crippen LogP contribution in [0.5, 0.6) is 0 Å². The van der Waals surface area contributed by atoms with Crippen LogP contribution in [0.2, 0.25) is 0 Å². The van der Waals surface area contributed by atoms with Gasteiger partial charge in [-0.1, -0.05) is 38.1 Å². The minimum atomic E-state index is -0.853. The minimum absolute atomic E-state index is 0.00402. The van der Waals surface area contributed by atoms with Crippen molar-refractivity contribution in [3.8, 4) is 28.3 Å². The van der Waals surface area contributed by atoms with E-state index in [1.807, 2.05) is 99.6 Å². The molecule has 6 amide bonds. The molecule has 1 fully saturated rings. The number of hydrogen-bond acceptors (Lipinski definition) is 16. The van der Waals surface area contributed by atoms with Crippen LogP contribution >= 0.6 is 0 Å². The zero-order chi connectivity index (χ0) is 58.6. The number of ether oxygens (including phenoxy) is 4. The Bertz CT molecular complexity index is 3170. The highest BCUT2D eigenvalue weighted by Crippen LogP contribution is 2.33. The lowest BCUT2D eigenvalue weighted by Crippen LogP contribution is -2.55.